The maximum absolute atomic E-state index is 13.7. The molecule has 47 heavy (non-hydrogen) atoms. The molecule has 0 saturated carbocycles. The first kappa shape index (κ1) is 32.8. The van der Waals surface area contributed by atoms with Gasteiger partial charge in [0.25, 0.3) is 11.8 Å². The Balaban J connectivity index is 1.34. The monoisotopic (exact) mass is 645 g/mol. The van der Waals surface area contributed by atoms with Crippen LogP contribution in [0.1, 0.15) is 29.3 Å². The van der Waals surface area contributed by atoms with Crippen LogP contribution in [0.5, 0.6) is 11.5 Å². The minimum Gasteiger partial charge on any atom is -0.497 e. The van der Waals surface area contributed by atoms with Crippen LogP contribution in [0, 0.1) is 0 Å². The number of hydrogen-bond donors (Lipinski definition) is 3. The van der Waals surface area contributed by atoms with Crippen LogP contribution < -0.4 is 25.4 Å². The van der Waals surface area contributed by atoms with E-state index in [0.29, 0.717) is 34.7 Å². The highest BCUT2D eigenvalue weighted by Gasteiger charge is 2.20. The van der Waals surface area contributed by atoms with E-state index in [1.165, 1.54) is 18.9 Å². The highest BCUT2D eigenvalue weighted by molar-refractivity contribution is 8.00. The van der Waals surface area contributed by atoms with Crippen LogP contribution in [0.15, 0.2) is 126 Å². The Labute approximate surface area is 278 Å². The number of methoxy groups -OCH3 is 2. The summed E-state index contributed by atoms with van der Waals surface area (Å²) in [4.78, 5) is 40.9. The van der Waals surface area contributed by atoms with Crippen LogP contribution in [0.4, 0.5) is 11.4 Å². The molecule has 5 rings (SSSR count). The lowest BCUT2D eigenvalue weighted by molar-refractivity contribution is -0.116. The van der Waals surface area contributed by atoms with E-state index in [2.05, 4.69) is 16.0 Å². The summed E-state index contributed by atoms with van der Waals surface area (Å²) in [5.41, 5.74) is 2.18. The number of amides is 3. The van der Waals surface area contributed by atoms with Gasteiger partial charge in [0, 0.05) is 27.4 Å². The number of carbonyl (C=O) groups is 3. The highest BCUT2D eigenvalue weighted by Crippen LogP contribution is 2.30. The number of carbonyl (C=O) groups excluding carboxylic acids is 3. The molecular weight excluding hydrogens is 611 g/mol. The van der Waals surface area contributed by atoms with Crippen molar-refractivity contribution in [2.75, 3.05) is 24.9 Å². The predicted molar refractivity (Wildman–Crippen MR) is 189 cm³/mol. The molecule has 0 spiro atoms. The molecule has 0 radical (unpaired) electrons. The maximum Gasteiger partial charge on any atom is 0.272 e. The number of nitrogens with one attached hydrogen (secondary N) is 3. The van der Waals surface area contributed by atoms with Gasteiger partial charge in [0.2, 0.25) is 5.91 Å². The van der Waals surface area contributed by atoms with Gasteiger partial charge in [-0.1, -0.05) is 61.5 Å². The Kier molecular flexibility index (Phi) is 10.9. The van der Waals surface area contributed by atoms with Gasteiger partial charge in [0.15, 0.2) is 0 Å². The lowest BCUT2D eigenvalue weighted by atomic mass is 10.1. The first-order valence-electron chi connectivity index (χ1n) is 15.0. The van der Waals surface area contributed by atoms with Gasteiger partial charge >= 0.3 is 0 Å². The molecule has 0 aliphatic heterocycles. The maximum atomic E-state index is 13.7. The lowest BCUT2D eigenvalue weighted by Crippen LogP contribution is -2.30. The van der Waals surface area contributed by atoms with Crippen molar-refractivity contribution >= 4 is 57.7 Å². The topological polar surface area (TPSA) is 106 Å². The quantitative estimate of drug-likeness (QED) is 0.0946. The fraction of sp³-hybridized carbons (Fsp3) is 0.132. The van der Waals surface area contributed by atoms with Crippen LogP contribution in [0.3, 0.4) is 0 Å². The largest absolute Gasteiger partial charge is 0.497 e. The van der Waals surface area contributed by atoms with E-state index in [1.807, 2.05) is 67.6 Å². The van der Waals surface area contributed by atoms with Crippen molar-refractivity contribution in [1.82, 2.24) is 5.32 Å². The molecule has 3 N–H and O–H groups in total. The Bertz CT molecular complexity index is 1930. The van der Waals surface area contributed by atoms with Crippen molar-refractivity contribution in [1.29, 1.82) is 0 Å². The normalized spacial score (nSPS) is 11.8. The number of hydrogen-bond acceptors (Lipinski definition) is 6. The molecule has 5 aromatic rings. The Hall–Kier alpha value is -5.54. The van der Waals surface area contributed by atoms with Crippen LogP contribution >= 0.6 is 11.8 Å². The third-order valence-corrected chi connectivity index (χ3v) is 8.67. The van der Waals surface area contributed by atoms with Crippen LogP contribution in [-0.2, 0) is 9.59 Å². The molecule has 0 saturated heterocycles. The van der Waals surface area contributed by atoms with E-state index in [-0.39, 0.29) is 16.9 Å². The molecule has 5 aromatic carbocycles. The van der Waals surface area contributed by atoms with Crippen LogP contribution in [0.25, 0.3) is 16.8 Å². The number of fused-ring (bicyclic) bond motifs is 1. The van der Waals surface area contributed by atoms with Crippen LogP contribution in [-0.4, -0.2) is 37.2 Å². The third-order valence-electron chi connectivity index (χ3n) is 7.32. The minimum atomic E-state index is -0.539. The molecule has 1 atom stereocenters. The summed E-state index contributed by atoms with van der Waals surface area (Å²) >= 11 is 1.41. The molecule has 9 heteroatoms. The Morgan fingerprint density at radius 2 is 1.49 bits per heavy atom. The summed E-state index contributed by atoms with van der Waals surface area (Å²) in [6.07, 6.45) is 2.14. The van der Waals surface area contributed by atoms with Gasteiger partial charge in [-0.05, 0) is 83.9 Å². The van der Waals surface area contributed by atoms with Gasteiger partial charge in [-0.3, -0.25) is 14.4 Å². The molecule has 1 unspecified atom stereocenters. The van der Waals surface area contributed by atoms with E-state index in [9.17, 15) is 14.4 Å². The van der Waals surface area contributed by atoms with Crippen molar-refractivity contribution in [2.24, 2.45) is 0 Å². The van der Waals surface area contributed by atoms with E-state index in [4.69, 9.17) is 9.47 Å². The number of anilines is 2. The second kappa shape index (κ2) is 15.6. The molecule has 0 fully saturated rings. The van der Waals surface area contributed by atoms with Crippen molar-refractivity contribution < 1.29 is 23.9 Å². The van der Waals surface area contributed by atoms with Gasteiger partial charge in [-0.15, -0.1) is 11.8 Å². The van der Waals surface area contributed by atoms with Crippen LogP contribution in [0.2, 0.25) is 0 Å². The molecule has 0 aliphatic rings. The lowest BCUT2D eigenvalue weighted by Gasteiger charge is -2.16. The summed E-state index contributed by atoms with van der Waals surface area (Å²) in [5, 5.41) is 10.5. The van der Waals surface area contributed by atoms with Crippen molar-refractivity contribution in [3.63, 3.8) is 0 Å². The van der Waals surface area contributed by atoms with Crippen molar-refractivity contribution in [2.45, 2.75) is 23.5 Å². The first-order valence-corrected chi connectivity index (χ1v) is 15.9. The fourth-order valence-corrected chi connectivity index (χ4v) is 5.89. The second-order valence-corrected chi connectivity index (χ2v) is 11.8. The summed E-state index contributed by atoms with van der Waals surface area (Å²) in [6.45, 7) is 1.96. The van der Waals surface area contributed by atoms with E-state index < -0.39 is 11.8 Å². The SMILES string of the molecule is CCC(Sc1cccc(NC(=O)/C(=C\c2cc(OC)ccc2OC)NC(=O)c2ccccc2)c1)C(=O)Nc1ccc2ccccc2c1. The minimum absolute atomic E-state index is 0.00431. The fourth-order valence-electron chi connectivity index (χ4n) is 4.87. The van der Waals surface area contributed by atoms with Crippen molar-refractivity contribution in [3.8, 4) is 11.5 Å². The van der Waals surface area contributed by atoms with Gasteiger partial charge in [-0.25, -0.2) is 0 Å². The highest BCUT2D eigenvalue weighted by atomic mass is 32.2. The van der Waals surface area contributed by atoms with Gasteiger partial charge < -0.3 is 25.4 Å². The number of thioether (sulfide) groups is 1. The first-order chi connectivity index (χ1) is 22.9. The van der Waals surface area contributed by atoms with Gasteiger partial charge in [0.1, 0.15) is 17.2 Å². The van der Waals surface area contributed by atoms with E-state index in [0.717, 1.165) is 21.4 Å². The number of benzene rings is 5. The Morgan fingerprint density at radius 3 is 2.23 bits per heavy atom. The standard InChI is InChI=1S/C38H35N3O5S/c1-4-35(38(44)40-30-18-17-25-11-8-9-14-27(25)21-30)47-32-16-10-15-29(24-32)39-37(43)33(41-36(42)26-12-6-5-7-13-26)23-28-22-31(45-2)19-20-34(28)46-3/h5-24,35H,4H2,1-3H3,(H,39,43)(H,40,44)(H,41,42)/b33-23+. The zero-order chi connectivity index (χ0) is 33.2. The average molecular weight is 646 g/mol. The average Bonchev–Trinajstić information content (AvgIpc) is 3.10. The smallest absolute Gasteiger partial charge is 0.272 e. The second-order valence-electron chi connectivity index (χ2n) is 10.5. The van der Waals surface area contributed by atoms with Gasteiger partial charge in [-0.2, -0.15) is 0 Å². The molecule has 8 nitrogen and oxygen atoms in total. The van der Waals surface area contributed by atoms with E-state index >= 15 is 0 Å². The predicted octanol–water partition coefficient (Wildman–Crippen LogP) is 7.78. The van der Waals surface area contributed by atoms with Crippen molar-refractivity contribution in [3.05, 3.63) is 132 Å². The zero-order valence-electron chi connectivity index (χ0n) is 26.3. The summed E-state index contributed by atoms with van der Waals surface area (Å²) < 4.78 is 10.9. The molecule has 0 aromatic heterocycles. The summed E-state index contributed by atoms with van der Waals surface area (Å²) in [5.74, 6) is -0.0332. The van der Waals surface area contributed by atoms with E-state index in [1.54, 1.807) is 67.8 Å². The summed E-state index contributed by atoms with van der Waals surface area (Å²) in [6, 6.07) is 34.9. The zero-order valence-corrected chi connectivity index (χ0v) is 27.1. The molecular formula is C38H35N3O5S. The van der Waals surface area contributed by atoms with Gasteiger partial charge in [0.05, 0.1) is 19.5 Å². The number of ether oxygens (including phenoxy) is 2. The third kappa shape index (κ3) is 8.59. The Morgan fingerprint density at radius 1 is 0.745 bits per heavy atom. The molecule has 0 heterocycles. The molecule has 0 bridgehead atoms. The molecule has 0 aliphatic carbocycles. The molecule has 238 valence electrons. The number of rotatable bonds is 12. The molecule has 3 amide bonds. The summed E-state index contributed by atoms with van der Waals surface area (Å²) in [7, 11) is 3.07.